The smallest absolute Gasteiger partial charge is 0.124 e. The minimum Gasteiger partial charge on any atom is -0.507 e. The molecule has 0 fully saturated rings. The molecule has 1 atom stereocenters. The summed E-state index contributed by atoms with van der Waals surface area (Å²) in [7, 11) is 0. The highest BCUT2D eigenvalue weighted by molar-refractivity contribution is 5.87. The van der Waals surface area contributed by atoms with Crippen molar-refractivity contribution < 1.29 is 5.11 Å². The van der Waals surface area contributed by atoms with E-state index in [-0.39, 0.29) is 11.8 Å². The number of aromatic hydroxyl groups is 1. The number of benzene rings is 3. The molecule has 23 heavy (non-hydrogen) atoms. The van der Waals surface area contributed by atoms with Crippen LogP contribution in [0, 0.1) is 6.92 Å². The van der Waals surface area contributed by atoms with E-state index in [0.29, 0.717) is 0 Å². The van der Waals surface area contributed by atoms with Gasteiger partial charge in [-0.05, 0) is 41.5 Å². The first-order valence-corrected chi connectivity index (χ1v) is 7.73. The molecule has 3 aromatic carbocycles. The number of fused-ring (bicyclic) bond motifs is 1. The first kappa shape index (κ1) is 13.9. The first-order valence-electron chi connectivity index (χ1n) is 7.73. The third kappa shape index (κ3) is 2.45. The number of rotatable bonds is 2. The molecule has 0 saturated heterocycles. The maximum atomic E-state index is 10.1. The van der Waals surface area contributed by atoms with E-state index >= 15 is 0 Å². The number of nitrogens with one attached hydrogen (secondary N) is 2. The lowest BCUT2D eigenvalue weighted by Gasteiger charge is -2.12. The van der Waals surface area contributed by atoms with Gasteiger partial charge in [0.05, 0.1) is 11.7 Å². The number of phenols is 1. The molecule has 0 bridgehead atoms. The molecule has 1 heterocycles. The van der Waals surface area contributed by atoms with Crippen molar-refractivity contribution in [3.63, 3.8) is 0 Å². The fourth-order valence-corrected chi connectivity index (χ4v) is 3.12. The van der Waals surface area contributed by atoms with Crippen LogP contribution in [0.1, 0.15) is 22.7 Å². The van der Waals surface area contributed by atoms with Gasteiger partial charge < -0.3 is 10.5 Å². The summed E-state index contributed by atoms with van der Waals surface area (Å²) in [6, 6.07) is 20.4. The zero-order valence-corrected chi connectivity index (χ0v) is 12.9. The van der Waals surface area contributed by atoms with E-state index in [1.807, 2.05) is 19.1 Å². The molecule has 4 rings (SSSR count). The predicted molar refractivity (Wildman–Crippen MR) is 93.8 cm³/mol. The summed E-state index contributed by atoms with van der Waals surface area (Å²) in [5.41, 5.74) is 10.6. The third-order valence-electron chi connectivity index (χ3n) is 4.30. The van der Waals surface area contributed by atoms with Crippen LogP contribution in [0.2, 0.25) is 0 Å². The molecule has 1 aliphatic heterocycles. The van der Waals surface area contributed by atoms with Crippen LogP contribution in [-0.2, 0) is 0 Å². The zero-order valence-electron chi connectivity index (χ0n) is 12.9. The Morgan fingerprint density at radius 2 is 1.78 bits per heavy atom. The van der Waals surface area contributed by atoms with Gasteiger partial charge in [-0.3, -0.25) is 0 Å². The summed E-state index contributed by atoms with van der Waals surface area (Å²) in [5.74, 6) is 0.287. The quantitative estimate of drug-likeness (QED) is 0.669. The highest BCUT2D eigenvalue weighted by atomic mass is 16.3. The van der Waals surface area contributed by atoms with Gasteiger partial charge in [0.25, 0.3) is 0 Å². The topological polar surface area (TPSA) is 44.3 Å². The Morgan fingerprint density at radius 1 is 0.957 bits per heavy atom. The van der Waals surface area contributed by atoms with Crippen LogP contribution in [-0.4, -0.2) is 5.11 Å². The molecule has 3 aromatic rings. The molecule has 3 nitrogen and oxygen atoms in total. The summed E-state index contributed by atoms with van der Waals surface area (Å²) in [4.78, 5) is 0. The lowest BCUT2D eigenvalue weighted by Crippen LogP contribution is -2.26. The van der Waals surface area contributed by atoms with Crippen LogP contribution in [0.4, 0.5) is 0 Å². The van der Waals surface area contributed by atoms with Gasteiger partial charge in [-0.25, -0.2) is 5.43 Å². The third-order valence-corrected chi connectivity index (χ3v) is 4.30. The molecule has 0 unspecified atom stereocenters. The lowest BCUT2D eigenvalue weighted by atomic mass is 9.98. The number of aryl methyl sites for hydroxylation is 1. The molecular formula is C20H18N2O. The fourth-order valence-electron chi connectivity index (χ4n) is 3.12. The van der Waals surface area contributed by atoms with E-state index in [1.54, 1.807) is 6.07 Å². The SMILES string of the molecule is Cc1ccc(O)c(C2=C[C@@H](c3cccc4ccccc34)NN2)c1. The normalized spacial score (nSPS) is 17.1. The Hall–Kier alpha value is -2.78. The molecule has 0 aliphatic carbocycles. The largest absolute Gasteiger partial charge is 0.507 e. The number of hydrogen-bond acceptors (Lipinski definition) is 3. The van der Waals surface area contributed by atoms with E-state index < -0.39 is 0 Å². The van der Waals surface area contributed by atoms with E-state index in [4.69, 9.17) is 0 Å². The molecule has 114 valence electrons. The maximum Gasteiger partial charge on any atom is 0.124 e. The van der Waals surface area contributed by atoms with Gasteiger partial charge in [0.1, 0.15) is 5.75 Å². The minimum absolute atomic E-state index is 0.0658. The van der Waals surface area contributed by atoms with Crippen molar-refractivity contribution in [1.82, 2.24) is 10.9 Å². The van der Waals surface area contributed by atoms with Gasteiger partial charge in [-0.2, -0.15) is 0 Å². The molecule has 0 amide bonds. The average molecular weight is 302 g/mol. The first-order chi connectivity index (χ1) is 11.2. The van der Waals surface area contributed by atoms with Gasteiger partial charge in [0.2, 0.25) is 0 Å². The Kier molecular flexibility index (Phi) is 3.28. The summed E-state index contributed by atoms with van der Waals surface area (Å²) in [6.07, 6.45) is 2.12. The van der Waals surface area contributed by atoms with Gasteiger partial charge >= 0.3 is 0 Å². The van der Waals surface area contributed by atoms with Crippen LogP contribution < -0.4 is 10.9 Å². The average Bonchev–Trinajstić information content (AvgIpc) is 3.06. The number of hydrazine groups is 1. The summed E-state index contributed by atoms with van der Waals surface area (Å²) < 4.78 is 0. The van der Waals surface area contributed by atoms with Crippen molar-refractivity contribution >= 4 is 16.5 Å². The monoisotopic (exact) mass is 302 g/mol. The second-order valence-corrected chi connectivity index (χ2v) is 5.92. The summed E-state index contributed by atoms with van der Waals surface area (Å²) in [5, 5.41) is 12.6. The molecule has 0 aromatic heterocycles. The zero-order chi connectivity index (χ0) is 15.8. The molecular weight excluding hydrogens is 284 g/mol. The van der Waals surface area contributed by atoms with Crippen LogP contribution in [0.15, 0.2) is 66.7 Å². The maximum absolute atomic E-state index is 10.1. The van der Waals surface area contributed by atoms with Crippen molar-refractivity contribution in [1.29, 1.82) is 0 Å². The highest BCUT2D eigenvalue weighted by Crippen LogP contribution is 2.32. The van der Waals surface area contributed by atoms with Crippen LogP contribution in [0.25, 0.3) is 16.5 Å². The molecule has 1 aliphatic rings. The number of phenolic OH excluding ortho intramolecular Hbond substituents is 1. The Morgan fingerprint density at radius 3 is 2.70 bits per heavy atom. The predicted octanol–water partition coefficient (Wildman–Crippen LogP) is 4.04. The number of hydrogen-bond donors (Lipinski definition) is 3. The molecule has 3 heteroatoms. The van der Waals surface area contributed by atoms with Crippen molar-refractivity contribution in [3.8, 4) is 5.75 Å². The van der Waals surface area contributed by atoms with Crippen molar-refractivity contribution in [2.24, 2.45) is 0 Å². The van der Waals surface area contributed by atoms with Gasteiger partial charge in [0, 0.05) is 5.56 Å². The fraction of sp³-hybridized carbons (Fsp3) is 0.100. The van der Waals surface area contributed by atoms with E-state index in [0.717, 1.165) is 16.8 Å². The van der Waals surface area contributed by atoms with Crippen molar-refractivity contribution in [2.75, 3.05) is 0 Å². The molecule has 0 radical (unpaired) electrons. The van der Waals surface area contributed by atoms with E-state index in [2.05, 4.69) is 59.4 Å². The van der Waals surface area contributed by atoms with Crippen LogP contribution >= 0.6 is 0 Å². The van der Waals surface area contributed by atoms with Gasteiger partial charge in [0.15, 0.2) is 0 Å². The van der Waals surface area contributed by atoms with Gasteiger partial charge in [-0.15, -0.1) is 0 Å². The second kappa shape index (κ2) is 5.45. The van der Waals surface area contributed by atoms with E-state index in [1.165, 1.54) is 16.3 Å². The van der Waals surface area contributed by atoms with Gasteiger partial charge in [-0.1, -0.05) is 54.1 Å². The standard InChI is InChI=1S/C20H18N2O/c1-13-9-10-20(23)17(11-13)19-12-18(21-22-19)16-8-4-6-14-5-2-3-7-15(14)16/h2-12,18,21-23H,1H3/t18-/m0/s1. The highest BCUT2D eigenvalue weighted by Gasteiger charge is 2.20. The Bertz CT molecular complexity index is 909. The molecule has 0 spiro atoms. The summed E-state index contributed by atoms with van der Waals surface area (Å²) in [6.45, 7) is 2.02. The lowest BCUT2D eigenvalue weighted by molar-refractivity contribution is 0.472. The van der Waals surface area contributed by atoms with Crippen LogP contribution in [0.5, 0.6) is 5.75 Å². The van der Waals surface area contributed by atoms with Crippen LogP contribution in [0.3, 0.4) is 0 Å². The molecule has 0 saturated carbocycles. The Balaban J connectivity index is 1.77. The Labute approximate surface area is 135 Å². The molecule has 3 N–H and O–H groups in total. The van der Waals surface area contributed by atoms with Crippen molar-refractivity contribution in [3.05, 3.63) is 83.4 Å². The minimum atomic E-state index is 0.0658. The van der Waals surface area contributed by atoms with E-state index in [9.17, 15) is 5.11 Å². The second-order valence-electron chi connectivity index (χ2n) is 5.92. The summed E-state index contributed by atoms with van der Waals surface area (Å²) >= 11 is 0. The van der Waals surface area contributed by atoms with Crippen molar-refractivity contribution in [2.45, 2.75) is 13.0 Å².